The normalized spacial score (nSPS) is 10.1. The van der Waals surface area contributed by atoms with Gasteiger partial charge in [0.2, 0.25) is 5.88 Å². The minimum absolute atomic E-state index is 0.383. The summed E-state index contributed by atoms with van der Waals surface area (Å²) in [6.45, 7) is 2.17. The number of aryl methyl sites for hydroxylation is 2. The summed E-state index contributed by atoms with van der Waals surface area (Å²) in [5, 5.41) is 13.2. The molecule has 18 heavy (non-hydrogen) atoms. The van der Waals surface area contributed by atoms with Crippen LogP contribution in [0.1, 0.15) is 16.8 Å². The lowest BCUT2D eigenvalue weighted by molar-refractivity contribution is 0.278. The molecule has 2 N–H and O–H groups in total. The predicted molar refractivity (Wildman–Crippen MR) is 67.8 cm³/mol. The summed E-state index contributed by atoms with van der Waals surface area (Å²) in [6, 6.07) is 9.52. The molecule has 2 aromatic rings. The first-order valence-corrected chi connectivity index (χ1v) is 5.52. The first kappa shape index (κ1) is 12.0. The molecule has 0 atom stereocenters. The van der Waals surface area contributed by atoms with Gasteiger partial charge in [-0.3, -0.25) is 0 Å². The van der Waals surface area contributed by atoms with E-state index in [2.05, 4.69) is 11.2 Å². The Hall–Kier alpha value is -2.48. The van der Waals surface area contributed by atoms with E-state index in [1.54, 1.807) is 18.7 Å². The Morgan fingerprint density at radius 3 is 2.67 bits per heavy atom. The first-order valence-electron chi connectivity index (χ1n) is 5.52. The predicted octanol–water partition coefficient (Wildman–Crippen LogP) is 1.76. The minimum atomic E-state index is 0.383. The fraction of sp³-hybridized carbons (Fsp3) is 0.231. The molecule has 0 aliphatic heterocycles. The van der Waals surface area contributed by atoms with Crippen molar-refractivity contribution in [1.82, 2.24) is 9.78 Å². The highest BCUT2D eigenvalue weighted by Crippen LogP contribution is 2.21. The molecule has 5 nitrogen and oxygen atoms in total. The van der Waals surface area contributed by atoms with Gasteiger partial charge in [0.25, 0.3) is 0 Å². The van der Waals surface area contributed by atoms with Gasteiger partial charge in [0.05, 0.1) is 5.69 Å². The van der Waals surface area contributed by atoms with Gasteiger partial charge >= 0.3 is 0 Å². The number of hydrogen-bond donors (Lipinski definition) is 1. The lowest BCUT2D eigenvalue weighted by atomic mass is 10.2. The lowest BCUT2D eigenvalue weighted by Crippen LogP contribution is -2.02. The van der Waals surface area contributed by atoms with Crippen LogP contribution in [-0.2, 0) is 13.7 Å². The second-order valence-corrected chi connectivity index (χ2v) is 4.03. The standard InChI is InChI=1S/C13H14N4O/c1-9-12(7-14)13(17(2)16-9)18-8-10-3-5-11(15)6-4-10/h3-6H,8,15H2,1-2H3. The summed E-state index contributed by atoms with van der Waals surface area (Å²) in [6.07, 6.45) is 0. The van der Waals surface area contributed by atoms with Gasteiger partial charge in [0.15, 0.2) is 0 Å². The van der Waals surface area contributed by atoms with Crippen molar-refractivity contribution in [3.8, 4) is 11.9 Å². The van der Waals surface area contributed by atoms with Crippen LogP contribution in [0.15, 0.2) is 24.3 Å². The Balaban J connectivity index is 2.16. The van der Waals surface area contributed by atoms with Gasteiger partial charge in [-0.05, 0) is 24.6 Å². The van der Waals surface area contributed by atoms with Gasteiger partial charge in [-0.25, -0.2) is 4.68 Å². The molecule has 5 heteroatoms. The van der Waals surface area contributed by atoms with Crippen LogP contribution in [0.25, 0.3) is 0 Å². The van der Waals surface area contributed by atoms with Crippen molar-refractivity contribution in [3.05, 3.63) is 41.1 Å². The number of benzene rings is 1. The molecule has 92 valence electrons. The Morgan fingerprint density at radius 1 is 1.39 bits per heavy atom. The maximum Gasteiger partial charge on any atom is 0.230 e. The van der Waals surface area contributed by atoms with Crippen LogP contribution in [0.3, 0.4) is 0 Å². The van der Waals surface area contributed by atoms with Crippen molar-refractivity contribution in [2.45, 2.75) is 13.5 Å². The van der Waals surface area contributed by atoms with Gasteiger partial charge in [-0.1, -0.05) is 12.1 Å². The molecular formula is C13H14N4O. The molecule has 0 fully saturated rings. The molecule has 1 aromatic heterocycles. The number of nitriles is 1. The lowest BCUT2D eigenvalue weighted by Gasteiger charge is -2.06. The molecule has 0 saturated heterocycles. The number of nitrogen functional groups attached to an aromatic ring is 1. The third kappa shape index (κ3) is 2.28. The number of hydrogen-bond acceptors (Lipinski definition) is 4. The van der Waals surface area contributed by atoms with Crippen molar-refractivity contribution >= 4 is 5.69 Å². The summed E-state index contributed by atoms with van der Waals surface area (Å²) in [4.78, 5) is 0. The molecule has 2 rings (SSSR count). The summed E-state index contributed by atoms with van der Waals surface area (Å²) in [5.41, 5.74) is 8.47. The number of nitrogens with two attached hydrogens (primary N) is 1. The summed E-state index contributed by atoms with van der Waals surface area (Å²) < 4.78 is 7.22. The Labute approximate surface area is 105 Å². The van der Waals surface area contributed by atoms with E-state index in [9.17, 15) is 0 Å². The van der Waals surface area contributed by atoms with Crippen LogP contribution in [0.5, 0.6) is 5.88 Å². The van der Waals surface area contributed by atoms with Crippen LogP contribution in [-0.4, -0.2) is 9.78 Å². The average molecular weight is 242 g/mol. The molecule has 1 aromatic carbocycles. The van der Waals surface area contributed by atoms with Crippen LogP contribution >= 0.6 is 0 Å². The van der Waals surface area contributed by atoms with E-state index < -0.39 is 0 Å². The van der Waals surface area contributed by atoms with Crippen molar-refractivity contribution in [3.63, 3.8) is 0 Å². The molecule has 0 aliphatic rings. The van der Waals surface area contributed by atoms with Gasteiger partial charge < -0.3 is 10.5 Å². The third-order valence-corrected chi connectivity index (χ3v) is 2.64. The van der Waals surface area contributed by atoms with Gasteiger partial charge in [-0.2, -0.15) is 10.4 Å². The maximum absolute atomic E-state index is 9.05. The zero-order valence-electron chi connectivity index (χ0n) is 10.3. The van der Waals surface area contributed by atoms with Gasteiger partial charge in [-0.15, -0.1) is 0 Å². The molecule has 0 aliphatic carbocycles. The second kappa shape index (κ2) is 4.80. The molecule has 0 unspecified atom stereocenters. The monoisotopic (exact) mass is 242 g/mol. The van der Waals surface area contributed by atoms with Crippen LogP contribution in [0.4, 0.5) is 5.69 Å². The van der Waals surface area contributed by atoms with Crippen molar-refractivity contribution in [1.29, 1.82) is 5.26 Å². The summed E-state index contributed by atoms with van der Waals surface area (Å²) in [7, 11) is 1.76. The van der Waals surface area contributed by atoms with Crippen molar-refractivity contribution in [2.24, 2.45) is 7.05 Å². The van der Waals surface area contributed by atoms with E-state index >= 15 is 0 Å². The van der Waals surface area contributed by atoms with E-state index in [-0.39, 0.29) is 0 Å². The largest absolute Gasteiger partial charge is 0.472 e. The van der Waals surface area contributed by atoms with Crippen molar-refractivity contribution in [2.75, 3.05) is 5.73 Å². The van der Waals surface area contributed by atoms with Crippen LogP contribution in [0, 0.1) is 18.3 Å². The molecule has 0 amide bonds. The molecule has 0 radical (unpaired) electrons. The zero-order valence-corrected chi connectivity index (χ0v) is 10.3. The second-order valence-electron chi connectivity index (χ2n) is 4.03. The smallest absolute Gasteiger partial charge is 0.230 e. The number of rotatable bonds is 3. The fourth-order valence-electron chi connectivity index (χ4n) is 1.70. The van der Waals surface area contributed by atoms with E-state index in [1.165, 1.54) is 0 Å². The Kier molecular flexibility index (Phi) is 3.20. The van der Waals surface area contributed by atoms with Crippen LogP contribution in [0.2, 0.25) is 0 Å². The number of aromatic nitrogens is 2. The summed E-state index contributed by atoms with van der Waals surface area (Å²) in [5.74, 6) is 0.492. The van der Waals surface area contributed by atoms with E-state index in [0.29, 0.717) is 29.4 Å². The topological polar surface area (TPSA) is 76.9 Å². The molecule has 0 spiro atoms. The number of anilines is 1. The third-order valence-electron chi connectivity index (χ3n) is 2.64. The highest BCUT2D eigenvalue weighted by atomic mass is 16.5. The first-order chi connectivity index (χ1) is 8.61. The molecule has 1 heterocycles. The van der Waals surface area contributed by atoms with Crippen LogP contribution < -0.4 is 10.5 Å². The highest BCUT2D eigenvalue weighted by Gasteiger charge is 2.14. The number of nitrogens with zero attached hydrogens (tertiary/aromatic N) is 3. The van der Waals surface area contributed by atoms with Crippen molar-refractivity contribution < 1.29 is 4.74 Å². The van der Waals surface area contributed by atoms with Gasteiger partial charge in [0.1, 0.15) is 18.2 Å². The molecular weight excluding hydrogens is 228 g/mol. The van der Waals surface area contributed by atoms with E-state index in [0.717, 1.165) is 5.56 Å². The zero-order chi connectivity index (χ0) is 13.1. The quantitative estimate of drug-likeness (QED) is 0.832. The SMILES string of the molecule is Cc1nn(C)c(OCc2ccc(N)cc2)c1C#N. The maximum atomic E-state index is 9.05. The van der Waals surface area contributed by atoms with E-state index in [1.807, 2.05) is 24.3 Å². The minimum Gasteiger partial charge on any atom is -0.472 e. The van der Waals surface area contributed by atoms with Gasteiger partial charge in [0, 0.05) is 12.7 Å². The molecule has 0 saturated carbocycles. The Morgan fingerprint density at radius 2 is 2.06 bits per heavy atom. The fourth-order valence-corrected chi connectivity index (χ4v) is 1.70. The molecule has 0 bridgehead atoms. The van der Waals surface area contributed by atoms with E-state index in [4.69, 9.17) is 15.7 Å². The highest BCUT2D eigenvalue weighted by molar-refractivity contribution is 5.42. The average Bonchev–Trinajstić information content (AvgIpc) is 2.62. The summed E-state index contributed by atoms with van der Waals surface area (Å²) >= 11 is 0. The number of ether oxygens (including phenoxy) is 1. The Bertz CT molecular complexity index is 593.